The number of allylic oxidation sites excluding steroid dienone is 1. The Bertz CT molecular complexity index is 981. The number of aliphatic hydroxyl groups excluding tert-OH is 1. The zero-order valence-corrected chi connectivity index (χ0v) is 18.2. The van der Waals surface area contributed by atoms with Crippen LogP contribution in [-0.2, 0) is 9.53 Å². The first-order chi connectivity index (χ1) is 15.7. The molecule has 4 N–H and O–H groups in total. The van der Waals surface area contributed by atoms with Crippen LogP contribution in [0, 0.1) is 17.6 Å². The SMILES string of the molecule is C/C(=C\C[C@@H](C)[C@@H](OC(=O)Nc1ccc(F)cc1F)c1ccc(OCCO)cc1)C(=O)NO. The predicted octanol–water partition coefficient (Wildman–Crippen LogP) is 4.10. The highest BCUT2D eigenvalue weighted by Crippen LogP contribution is 2.31. The molecule has 2 rings (SSSR count). The number of benzene rings is 2. The van der Waals surface area contributed by atoms with Crippen LogP contribution in [0.15, 0.2) is 54.1 Å². The molecule has 0 aliphatic carbocycles. The smallest absolute Gasteiger partial charge is 0.412 e. The van der Waals surface area contributed by atoms with Gasteiger partial charge in [0.1, 0.15) is 30.1 Å². The first-order valence-electron chi connectivity index (χ1n) is 10.1. The van der Waals surface area contributed by atoms with Gasteiger partial charge in [-0.15, -0.1) is 0 Å². The third-order valence-electron chi connectivity index (χ3n) is 4.74. The van der Waals surface area contributed by atoms with Crippen LogP contribution >= 0.6 is 0 Å². The summed E-state index contributed by atoms with van der Waals surface area (Å²) in [5.41, 5.74) is 2.18. The average molecular weight is 464 g/mol. The van der Waals surface area contributed by atoms with E-state index in [1.54, 1.807) is 42.7 Å². The number of carbonyl (C=O) groups is 2. The van der Waals surface area contributed by atoms with E-state index >= 15 is 0 Å². The number of aliphatic hydroxyl groups is 1. The molecule has 0 heterocycles. The van der Waals surface area contributed by atoms with E-state index in [4.69, 9.17) is 19.8 Å². The second-order valence-electron chi connectivity index (χ2n) is 7.26. The van der Waals surface area contributed by atoms with Gasteiger partial charge >= 0.3 is 6.09 Å². The highest BCUT2D eigenvalue weighted by atomic mass is 19.1. The average Bonchev–Trinajstić information content (AvgIpc) is 2.81. The molecule has 0 fully saturated rings. The van der Waals surface area contributed by atoms with Gasteiger partial charge in [0.25, 0.3) is 5.91 Å². The van der Waals surface area contributed by atoms with E-state index in [1.807, 2.05) is 0 Å². The minimum atomic E-state index is -0.952. The molecule has 0 aromatic heterocycles. The highest BCUT2D eigenvalue weighted by molar-refractivity contribution is 5.91. The summed E-state index contributed by atoms with van der Waals surface area (Å²) in [5, 5.41) is 19.9. The number of anilines is 1. The summed E-state index contributed by atoms with van der Waals surface area (Å²) in [5.74, 6) is -2.22. The van der Waals surface area contributed by atoms with E-state index in [0.29, 0.717) is 23.8 Å². The molecule has 178 valence electrons. The van der Waals surface area contributed by atoms with Gasteiger partial charge < -0.3 is 14.6 Å². The molecule has 0 saturated carbocycles. The molecule has 10 heteroatoms. The van der Waals surface area contributed by atoms with Crippen molar-refractivity contribution < 1.29 is 38.2 Å². The summed E-state index contributed by atoms with van der Waals surface area (Å²) < 4.78 is 37.9. The van der Waals surface area contributed by atoms with Crippen LogP contribution in [0.3, 0.4) is 0 Å². The minimum absolute atomic E-state index is 0.123. The number of carbonyl (C=O) groups excluding carboxylic acids is 2. The lowest BCUT2D eigenvalue weighted by molar-refractivity contribution is -0.125. The quantitative estimate of drug-likeness (QED) is 0.239. The maximum absolute atomic E-state index is 13.9. The van der Waals surface area contributed by atoms with Crippen molar-refractivity contribution in [2.75, 3.05) is 18.5 Å². The van der Waals surface area contributed by atoms with Crippen LogP contribution < -0.4 is 15.5 Å². The number of hydrogen-bond acceptors (Lipinski definition) is 6. The topological polar surface area (TPSA) is 117 Å². The molecular formula is C23H26F2N2O6. The third kappa shape index (κ3) is 7.85. The Kier molecular flexibility index (Phi) is 9.77. The van der Waals surface area contributed by atoms with Crippen LogP contribution in [0.4, 0.5) is 19.3 Å². The van der Waals surface area contributed by atoms with E-state index in [0.717, 1.165) is 12.1 Å². The van der Waals surface area contributed by atoms with Crippen molar-refractivity contribution in [3.63, 3.8) is 0 Å². The minimum Gasteiger partial charge on any atom is -0.491 e. The molecule has 2 aromatic carbocycles. The fourth-order valence-corrected chi connectivity index (χ4v) is 2.94. The van der Waals surface area contributed by atoms with Crippen LogP contribution in [0.1, 0.15) is 31.9 Å². The van der Waals surface area contributed by atoms with Gasteiger partial charge in [-0.05, 0) is 43.2 Å². The number of ether oxygens (including phenoxy) is 2. The van der Waals surface area contributed by atoms with Crippen molar-refractivity contribution in [1.82, 2.24) is 5.48 Å². The van der Waals surface area contributed by atoms with Gasteiger partial charge in [0.2, 0.25) is 0 Å². The van der Waals surface area contributed by atoms with Crippen molar-refractivity contribution in [3.05, 3.63) is 71.3 Å². The molecule has 2 amide bonds. The van der Waals surface area contributed by atoms with Crippen molar-refractivity contribution in [3.8, 4) is 5.75 Å². The molecule has 33 heavy (non-hydrogen) atoms. The maximum atomic E-state index is 13.9. The summed E-state index contributed by atoms with van der Waals surface area (Å²) in [6.07, 6.45) is 0.140. The largest absolute Gasteiger partial charge is 0.491 e. The van der Waals surface area contributed by atoms with Crippen LogP contribution in [0.25, 0.3) is 0 Å². The molecule has 0 aliphatic rings. The monoisotopic (exact) mass is 464 g/mol. The Labute approximate surface area is 189 Å². The number of hydrogen-bond donors (Lipinski definition) is 4. The van der Waals surface area contributed by atoms with Crippen molar-refractivity contribution in [1.29, 1.82) is 0 Å². The Morgan fingerprint density at radius 3 is 2.45 bits per heavy atom. The number of rotatable bonds is 10. The summed E-state index contributed by atoms with van der Waals surface area (Å²) >= 11 is 0. The Morgan fingerprint density at radius 2 is 1.85 bits per heavy atom. The van der Waals surface area contributed by atoms with Gasteiger partial charge in [-0.2, -0.15) is 0 Å². The van der Waals surface area contributed by atoms with Gasteiger partial charge in [0, 0.05) is 17.6 Å². The maximum Gasteiger partial charge on any atom is 0.412 e. The van der Waals surface area contributed by atoms with Crippen LogP contribution in [-0.4, -0.2) is 35.5 Å². The van der Waals surface area contributed by atoms with Gasteiger partial charge in [0.05, 0.1) is 12.3 Å². The van der Waals surface area contributed by atoms with Crippen molar-refractivity contribution in [2.45, 2.75) is 26.4 Å². The molecule has 2 aromatic rings. The van der Waals surface area contributed by atoms with E-state index in [2.05, 4.69) is 5.32 Å². The van der Waals surface area contributed by atoms with E-state index in [1.165, 1.54) is 6.92 Å². The first-order valence-corrected chi connectivity index (χ1v) is 10.1. The lowest BCUT2D eigenvalue weighted by Crippen LogP contribution is -2.23. The molecule has 0 bridgehead atoms. The fourth-order valence-electron chi connectivity index (χ4n) is 2.94. The molecule has 0 spiro atoms. The molecule has 0 unspecified atom stereocenters. The first kappa shape index (κ1) is 25.8. The summed E-state index contributed by atoms with van der Waals surface area (Å²) in [6.45, 7) is 3.29. The van der Waals surface area contributed by atoms with Crippen molar-refractivity contribution >= 4 is 17.7 Å². The zero-order valence-electron chi connectivity index (χ0n) is 18.2. The third-order valence-corrected chi connectivity index (χ3v) is 4.74. The second kappa shape index (κ2) is 12.5. The lowest BCUT2D eigenvalue weighted by atomic mass is 9.93. The normalized spacial score (nSPS) is 13.1. The number of amides is 2. The molecule has 0 aliphatic heterocycles. The Hall–Kier alpha value is -3.50. The number of nitrogens with one attached hydrogen (secondary N) is 2. The van der Waals surface area contributed by atoms with Gasteiger partial charge in [-0.25, -0.2) is 19.1 Å². The number of hydroxylamine groups is 1. The standard InChI is InChI=1S/C23H26F2N2O6/c1-14(3-4-15(2)22(29)27-31)21(16-5-8-18(9-6-16)32-12-11-28)33-23(30)26-20-10-7-17(24)13-19(20)25/h4-10,13-14,21,28,31H,3,11-12H2,1-2H3,(H,26,30)(H,27,29)/b15-4+/t14-,21-/m1/s1. The van der Waals surface area contributed by atoms with E-state index in [-0.39, 0.29) is 30.4 Å². The molecule has 2 atom stereocenters. The second-order valence-corrected chi connectivity index (χ2v) is 7.26. The zero-order chi connectivity index (χ0) is 24.4. The van der Waals surface area contributed by atoms with Gasteiger partial charge in [-0.3, -0.25) is 15.3 Å². The molecule has 0 radical (unpaired) electrons. The molecule has 0 saturated heterocycles. The molecule has 8 nitrogen and oxygen atoms in total. The summed E-state index contributed by atoms with van der Waals surface area (Å²) in [4.78, 5) is 24.0. The fraction of sp³-hybridized carbons (Fsp3) is 0.304. The van der Waals surface area contributed by atoms with E-state index in [9.17, 15) is 18.4 Å². The lowest BCUT2D eigenvalue weighted by Gasteiger charge is -2.24. The Morgan fingerprint density at radius 1 is 1.15 bits per heavy atom. The number of halogens is 2. The molecular weight excluding hydrogens is 438 g/mol. The predicted molar refractivity (Wildman–Crippen MR) is 116 cm³/mol. The van der Waals surface area contributed by atoms with Crippen LogP contribution in [0.5, 0.6) is 5.75 Å². The summed E-state index contributed by atoms with van der Waals surface area (Å²) in [7, 11) is 0. The van der Waals surface area contributed by atoms with Gasteiger partial charge in [-0.1, -0.05) is 25.1 Å². The van der Waals surface area contributed by atoms with E-state index < -0.39 is 29.7 Å². The highest BCUT2D eigenvalue weighted by Gasteiger charge is 2.24. The van der Waals surface area contributed by atoms with Crippen LogP contribution in [0.2, 0.25) is 0 Å². The van der Waals surface area contributed by atoms with Gasteiger partial charge in [0.15, 0.2) is 0 Å². The van der Waals surface area contributed by atoms with Crippen molar-refractivity contribution in [2.24, 2.45) is 5.92 Å². The Balaban J connectivity index is 2.21. The summed E-state index contributed by atoms with van der Waals surface area (Å²) in [6, 6.07) is 9.37.